The quantitative estimate of drug-likeness (QED) is 0.0787. The first-order valence-corrected chi connectivity index (χ1v) is 15.1. The van der Waals surface area contributed by atoms with E-state index >= 15 is 0 Å². The highest BCUT2D eigenvalue weighted by molar-refractivity contribution is 6.06. The highest BCUT2D eigenvalue weighted by atomic mass is 16.5. The van der Waals surface area contributed by atoms with Crippen LogP contribution in [-0.4, -0.2) is 46.8 Å². The first-order valence-electron chi connectivity index (χ1n) is 15.1. The van der Waals surface area contributed by atoms with E-state index in [1.807, 2.05) is 18.2 Å². The number of unbranched alkanes of at least 4 members (excludes halogenated alkanes) is 3. The van der Waals surface area contributed by atoms with Crippen LogP contribution in [0, 0.1) is 0 Å². The zero-order valence-corrected chi connectivity index (χ0v) is 25.5. The monoisotopic (exact) mass is 601 g/mol. The van der Waals surface area contributed by atoms with Gasteiger partial charge < -0.3 is 16.0 Å². The summed E-state index contributed by atoms with van der Waals surface area (Å²) < 4.78 is 0. The second-order valence-corrected chi connectivity index (χ2v) is 10.5. The van der Waals surface area contributed by atoms with E-state index in [9.17, 15) is 19.2 Å². The Morgan fingerprint density at radius 1 is 0.659 bits per heavy atom. The van der Waals surface area contributed by atoms with Gasteiger partial charge in [0.15, 0.2) is 0 Å². The van der Waals surface area contributed by atoms with Gasteiger partial charge in [0.25, 0.3) is 11.8 Å². The van der Waals surface area contributed by atoms with Crippen LogP contribution in [0.5, 0.6) is 0 Å². The van der Waals surface area contributed by atoms with E-state index in [1.165, 1.54) is 5.56 Å². The fraction of sp³-hybridized carbons (Fsp3) is 0.353. The molecule has 0 atom stereocenters. The fourth-order valence-electron chi connectivity index (χ4n) is 4.73. The summed E-state index contributed by atoms with van der Waals surface area (Å²) in [5, 5.41) is 17.2. The Morgan fingerprint density at radius 2 is 1.23 bits per heavy atom. The summed E-state index contributed by atoms with van der Waals surface area (Å²) in [4.78, 5) is 51.7. The molecular formula is C34H43N5O5. The van der Waals surface area contributed by atoms with Gasteiger partial charge in [0, 0.05) is 48.4 Å². The standard InChI is InChI=1S/C34H43N5O5/c1-3-39(4-2)24-28-14-10-9-13-27(28)23-35-33(42)25-15-11-18-30(21-25)37-34(43)26-16-12-17-29(22-26)36-31(40)19-7-5-6-8-20-32(41)38-44/h9-18,21-22,44H,3-8,19-20,23-24H2,1-2H3,(H,35,42)(H,36,40)(H,37,43)(H,38,41). The van der Waals surface area contributed by atoms with Crippen molar-refractivity contribution in [2.75, 3.05) is 23.7 Å². The molecule has 44 heavy (non-hydrogen) atoms. The molecule has 5 N–H and O–H groups in total. The van der Waals surface area contributed by atoms with Crippen molar-refractivity contribution in [3.63, 3.8) is 0 Å². The number of benzene rings is 3. The van der Waals surface area contributed by atoms with Crippen molar-refractivity contribution in [1.29, 1.82) is 0 Å². The SMILES string of the molecule is CCN(CC)Cc1ccccc1CNC(=O)c1cccc(NC(=O)c2cccc(NC(=O)CCCCCCC(=O)NO)c2)c1. The van der Waals surface area contributed by atoms with Gasteiger partial charge in [-0.1, -0.05) is 63.1 Å². The van der Waals surface area contributed by atoms with Gasteiger partial charge in [0.2, 0.25) is 11.8 Å². The minimum Gasteiger partial charge on any atom is -0.348 e. The molecular weight excluding hydrogens is 558 g/mol. The predicted octanol–water partition coefficient (Wildman–Crippen LogP) is 5.50. The smallest absolute Gasteiger partial charge is 0.255 e. The first kappa shape index (κ1) is 34.0. The largest absolute Gasteiger partial charge is 0.348 e. The van der Waals surface area contributed by atoms with Crippen LogP contribution in [0.4, 0.5) is 11.4 Å². The van der Waals surface area contributed by atoms with Crippen LogP contribution in [0.2, 0.25) is 0 Å². The average molecular weight is 602 g/mol. The minimum absolute atomic E-state index is 0.162. The van der Waals surface area contributed by atoms with Gasteiger partial charge in [0.05, 0.1) is 0 Å². The van der Waals surface area contributed by atoms with Gasteiger partial charge in [-0.2, -0.15) is 0 Å². The molecule has 3 aromatic rings. The van der Waals surface area contributed by atoms with Crippen molar-refractivity contribution >= 4 is 35.0 Å². The van der Waals surface area contributed by atoms with Gasteiger partial charge >= 0.3 is 0 Å². The van der Waals surface area contributed by atoms with E-state index < -0.39 is 5.91 Å². The lowest BCUT2D eigenvalue weighted by atomic mass is 10.1. The summed E-state index contributed by atoms with van der Waals surface area (Å²) in [6.45, 7) is 7.38. The number of rotatable bonds is 17. The maximum absolute atomic E-state index is 13.0. The number of hydroxylamine groups is 1. The Kier molecular flexibility index (Phi) is 14.0. The molecule has 10 heteroatoms. The third-order valence-corrected chi connectivity index (χ3v) is 7.32. The number of nitrogens with one attached hydrogen (secondary N) is 4. The second-order valence-electron chi connectivity index (χ2n) is 10.5. The zero-order valence-electron chi connectivity index (χ0n) is 25.5. The molecule has 3 rings (SSSR count). The summed E-state index contributed by atoms with van der Waals surface area (Å²) in [5.41, 5.74) is 5.64. The van der Waals surface area contributed by atoms with Crippen molar-refractivity contribution in [1.82, 2.24) is 15.7 Å². The summed E-state index contributed by atoms with van der Waals surface area (Å²) in [7, 11) is 0. The third kappa shape index (κ3) is 11.3. The van der Waals surface area contributed by atoms with Crippen LogP contribution in [0.1, 0.15) is 84.2 Å². The Balaban J connectivity index is 1.51. The normalized spacial score (nSPS) is 10.7. The van der Waals surface area contributed by atoms with Gasteiger partial charge in [-0.3, -0.25) is 29.3 Å². The van der Waals surface area contributed by atoms with Crippen molar-refractivity contribution in [3.8, 4) is 0 Å². The van der Waals surface area contributed by atoms with Crippen molar-refractivity contribution in [2.45, 2.75) is 65.5 Å². The molecule has 3 aromatic carbocycles. The van der Waals surface area contributed by atoms with E-state index in [-0.39, 0.29) is 24.1 Å². The van der Waals surface area contributed by atoms with Crippen LogP contribution in [0.15, 0.2) is 72.8 Å². The predicted molar refractivity (Wildman–Crippen MR) is 171 cm³/mol. The highest BCUT2D eigenvalue weighted by Gasteiger charge is 2.12. The molecule has 0 heterocycles. The molecule has 0 saturated heterocycles. The topological polar surface area (TPSA) is 140 Å². The fourth-order valence-corrected chi connectivity index (χ4v) is 4.73. The maximum Gasteiger partial charge on any atom is 0.255 e. The molecule has 4 amide bonds. The lowest BCUT2D eigenvalue weighted by Gasteiger charge is -2.20. The molecule has 0 spiro atoms. The number of hydrogen-bond acceptors (Lipinski definition) is 6. The van der Waals surface area contributed by atoms with Crippen LogP contribution in [-0.2, 0) is 22.7 Å². The molecule has 0 unspecified atom stereocenters. The van der Waals surface area contributed by atoms with Gasteiger partial charge in [-0.15, -0.1) is 0 Å². The van der Waals surface area contributed by atoms with Crippen LogP contribution in [0.25, 0.3) is 0 Å². The molecule has 0 aliphatic carbocycles. The highest BCUT2D eigenvalue weighted by Crippen LogP contribution is 2.17. The number of amides is 4. The Labute approximate surface area is 259 Å². The van der Waals surface area contributed by atoms with Crippen LogP contribution >= 0.6 is 0 Å². The third-order valence-electron chi connectivity index (χ3n) is 7.32. The molecule has 0 aromatic heterocycles. The number of carbonyl (C=O) groups is 4. The Hall–Kier alpha value is -4.54. The molecule has 234 valence electrons. The Morgan fingerprint density at radius 3 is 1.84 bits per heavy atom. The van der Waals surface area contributed by atoms with E-state index in [2.05, 4.69) is 40.8 Å². The van der Waals surface area contributed by atoms with Crippen molar-refractivity contribution in [3.05, 3.63) is 95.1 Å². The van der Waals surface area contributed by atoms with Crippen molar-refractivity contribution < 1.29 is 24.4 Å². The average Bonchev–Trinajstić information content (AvgIpc) is 3.04. The summed E-state index contributed by atoms with van der Waals surface area (Å²) in [5.74, 6) is -1.18. The number of anilines is 2. The van der Waals surface area contributed by atoms with Gasteiger partial charge in [-0.05, 0) is 73.5 Å². The number of hydrogen-bond donors (Lipinski definition) is 5. The number of carbonyl (C=O) groups excluding carboxylic acids is 4. The molecule has 0 aliphatic heterocycles. The molecule has 0 radical (unpaired) electrons. The maximum atomic E-state index is 13.0. The van der Waals surface area contributed by atoms with E-state index in [4.69, 9.17) is 5.21 Å². The van der Waals surface area contributed by atoms with E-state index in [0.717, 1.165) is 38.0 Å². The van der Waals surface area contributed by atoms with Crippen LogP contribution < -0.4 is 21.4 Å². The van der Waals surface area contributed by atoms with Gasteiger partial charge in [0.1, 0.15) is 0 Å². The molecule has 0 aliphatic rings. The van der Waals surface area contributed by atoms with E-state index in [1.54, 1.807) is 54.0 Å². The lowest BCUT2D eigenvalue weighted by molar-refractivity contribution is -0.129. The summed E-state index contributed by atoms with van der Waals surface area (Å²) in [6.07, 6.45) is 3.45. The molecule has 0 saturated carbocycles. The lowest BCUT2D eigenvalue weighted by Crippen LogP contribution is -2.26. The summed E-state index contributed by atoms with van der Waals surface area (Å²) in [6, 6.07) is 21.5. The van der Waals surface area contributed by atoms with Crippen molar-refractivity contribution in [2.24, 2.45) is 0 Å². The second kappa shape index (κ2) is 18.2. The molecule has 0 bridgehead atoms. The molecule has 10 nitrogen and oxygen atoms in total. The van der Waals surface area contributed by atoms with E-state index in [0.29, 0.717) is 48.3 Å². The first-order chi connectivity index (χ1) is 21.3. The summed E-state index contributed by atoms with van der Waals surface area (Å²) >= 11 is 0. The molecule has 0 fully saturated rings. The Bertz CT molecular complexity index is 1410. The van der Waals surface area contributed by atoms with Gasteiger partial charge in [-0.25, -0.2) is 5.48 Å². The minimum atomic E-state index is -0.413. The zero-order chi connectivity index (χ0) is 31.7. The van der Waals surface area contributed by atoms with Crippen LogP contribution in [0.3, 0.4) is 0 Å². The number of nitrogens with zero attached hydrogens (tertiary/aromatic N) is 1.